The standard InChI is InChI=1S/C11H17N3S/c12-6-11-9-14(4-5-15-11)8-10-2-1-3-13-7-10/h1-3,7,11H,4-6,8-9,12H2. The summed E-state index contributed by atoms with van der Waals surface area (Å²) in [5, 5.41) is 0.607. The number of hydrogen-bond donors (Lipinski definition) is 1. The summed E-state index contributed by atoms with van der Waals surface area (Å²) in [6.07, 6.45) is 3.76. The van der Waals surface area contributed by atoms with Crippen molar-refractivity contribution in [3.05, 3.63) is 30.1 Å². The van der Waals surface area contributed by atoms with E-state index in [1.807, 2.05) is 30.2 Å². The van der Waals surface area contributed by atoms with E-state index in [2.05, 4.69) is 16.0 Å². The van der Waals surface area contributed by atoms with Gasteiger partial charge in [-0.05, 0) is 11.6 Å². The van der Waals surface area contributed by atoms with Gasteiger partial charge in [-0.1, -0.05) is 6.07 Å². The zero-order valence-electron chi connectivity index (χ0n) is 8.80. The van der Waals surface area contributed by atoms with Crippen molar-refractivity contribution in [3.8, 4) is 0 Å². The molecule has 0 amide bonds. The van der Waals surface area contributed by atoms with Crippen molar-refractivity contribution in [3.63, 3.8) is 0 Å². The van der Waals surface area contributed by atoms with Gasteiger partial charge in [-0.3, -0.25) is 9.88 Å². The van der Waals surface area contributed by atoms with Gasteiger partial charge in [0, 0.05) is 49.6 Å². The van der Waals surface area contributed by atoms with Crippen LogP contribution in [0.25, 0.3) is 0 Å². The van der Waals surface area contributed by atoms with E-state index in [1.54, 1.807) is 0 Å². The number of nitrogens with two attached hydrogens (primary N) is 1. The predicted molar refractivity (Wildman–Crippen MR) is 64.8 cm³/mol. The molecule has 3 nitrogen and oxygen atoms in total. The Labute approximate surface area is 95.1 Å². The summed E-state index contributed by atoms with van der Waals surface area (Å²) in [4.78, 5) is 6.60. The first kappa shape index (κ1) is 10.9. The highest BCUT2D eigenvalue weighted by Crippen LogP contribution is 2.18. The van der Waals surface area contributed by atoms with Crippen LogP contribution in [-0.4, -0.2) is 40.5 Å². The summed E-state index contributed by atoms with van der Waals surface area (Å²) in [7, 11) is 0. The summed E-state index contributed by atoms with van der Waals surface area (Å²) in [6.45, 7) is 4.06. The van der Waals surface area contributed by atoms with Crippen molar-refractivity contribution in [1.29, 1.82) is 0 Å². The van der Waals surface area contributed by atoms with Crippen LogP contribution < -0.4 is 5.73 Å². The number of pyridine rings is 1. The maximum Gasteiger partial charge on any atom is 0.0312 e. The SMILES string of the molecule is NCC1CN(Cc2cccnc2)CCS1. The first-order valence-corrected chi connectivity index (χ1v) is 6.36. The lowest BCUT2D eigenvalue weighted by atomic mass is 10.2. The summed E-state index contributed by atoms with van der Waals surface area (Å²) in [5.41, 5.74) is 6.99. The molecule has 2 rings (SSSR count). The Bertz CT molecular complexity index is 291. The highest BCUT2D eigenvalue weighted by atomic mass is 32.2. The summed E-state index contributed by atoms with van der Waals surface area (Å²) < 4.78 is 0. The van der Waals surface area contributed by atoms with Crippen molar-refractivity contribution < 1.29 is 0 Å². The van der Waals surface area contributed by atoms with Crippen molar-refractivity contribution in [2.45, 2.75) is 11.8 Å². The number of aromatic nitrogens is 1. The lowest BCUT2D eigenvalue weighted by Crippen LogP contribution is -2.40. The predicted octanol–water partition coefficient (Wildman–Crippen LogP) is 0.958. The molecular weight excluding hydrogens is 206 g/mol. The third-order valence-electron chi connectivity index (χ3n) is 2.61. The van der Waals surface area contributed by atoms with E-state index in [0.717, 1.165) is 26.2 Å². The molecule has 0 radical (unpaired) electrons. The smallest absolute Gasteiger partial charge is 0.0312 e. The molecule has 1 aliphatic heterocycles. The van der Waals surface area contributed by atoms with Gasteiger partial charge in [0.2, 0.25) is 0 Å². The van der Waals surface area contributed by atoms with Gasteiger partial charge in [0.15, 0.2) is 0 Å². The molecule has 2 N–H and O–H groups in total. The van der Waals surface area contributed by atoms with E-state index in [1.165, 1.54) is 11.3 Å². The first-order valence-electron chi connectivity index (χ1n) is 5.31. The van der Waals surface area contributed by atoms with Crippen LogP contribution >= 0.6 is 11.8 Å². The molecular formula is C11H17N3S. The third kappa shape index (κ3) is 3.19. The molecule has 1 atom stereocenters. The molecule has 0 saturated carbocycles. The highest BCUT2D eigenvalue weighted by Gasteiger charge is 2.18. The summed E-state index contributed by atoms with van der Waals surface area (Å²) in [5.74, 6) is 1.20. The van der Waals surface area contributed by atoms with Gasteiger partial charge in [0.25, 0.3) is 0 Å². The third-order valence-corrected chi connectivity index (χ3v) is 3.85. The average Bonchev–Trinajstić information content (AvgIpc) is 2.31. The Hall–Kier alpha value is -0.580. The fourth-order valence-corrected chi connectivity index (χ4v) is 2.97. The second kappa shape index (κ2) is 5.49. The Kier molecular flexibility index (Phi) is 4.00. The van der Waals surface area contributed by atoms with Crippen molar-refractivity contribution in [1.82, 2.24) is 9.88 Å². The van der Waals surface area contributed by atoms with Crippen molar-refractivity contribution in [2.75, 3.05) is 25.4 Å². The molecule has 1 aromatic rings. The van der Waals surface area contributed by atoms with Gasteiger partial charge in [-0.2, -0.15) is 11.8 Å². The van der Waals surface area contributed by atoms with Crippen LogP contribution in [0.5, 0.6) is 0 Å². The highest BCUT2D eigenvalue weighted by molar-refractivity contribution is 8.00. The van der Waals surface area contributed by atoms with Crippen molar-refractivity contribution in [2.24, 2.45) is 5.73 Å². The van der Waals surface area contributed by atoms with Crippen LogP contribution in [0.2, 0.25) is 0 Å². The van der Waals surface area contributed by atoms with Gasteiger partial charge in [-0.15, -0.1) is 0 Å². The van der Waals surface area contributed by atoms with Crippen LogP contribution in [0, 0.1) is 0 Å². The second-order valence-corrected chi connectivity index (χ2v) is 5.23. The fraction of sp³-hybridized carbons (Fsp3) is 0.545. The summed E-state index contributed by atoms with van der Waals surface area (Å²) >= 11 is 2.00. The maximum absolute atomic E-state index is 5.70. The second-order valence-electron chi connectivity index (χ2n) is 3.82. The molecule has 15 heavy (non-hydrogen) atoms. The maximum atomic E-state index is 5.70. The minimum atomic E-state index is 0.607. The lowest BCUT2D eigenvalue weighted by Gasteiger charge is -2.31. The van der Waals surface area contributed by atoms with Crippen LogP contribution in [0.4, 0.5) is 0 Å². The van der Waals surface area contributed by atoms with Gasteiger partial charge in [-0.25, -0.2) is 0 Å². The number of thioether (sulfide) groups is 1. The molecule has 1 fully saturated rings. The Morgan fingerprint density at radius 1 is 1.60 bits per heavy atom. The van der Waals surface area contributed by atoms with Gasteiger partial charge in [0.1, 0.15) is 0 Å². The quantitative estimate of drug-likeness (QED) is 0.829. The van der Waals surface area contributed by atoms with E-state index in [4.69, 9.17) is 5.73 Å². The van der Waals surface area contributed by atoms with Crippen LogP contribution in [-0.2, 0) is 6.54 Å². The van der Waals surface area contributed by atoms with Gasteiger partial charge < -0.3 is 5.73 Å². The van der Waals surface area contributed by atoms with Gasteiger partial charge in [0.05, 0.1) is 0 Å². The minimum absolute atomic E-state index is 0.607. The number of nitrogens with zero attached hydrogens (tertiary/aromatic N) is 2. The normalized spacial score (nSPS) is 22.9. The Balaban J connectivity index is 1.89. The van der Waals surface area contributed by atoms with E-state index in [-0.39, 0.29) is 0 Å². The molecule has 82 valence electrons. The lowest BCUT2D eigenvalue weighted by molar-refractivity contribution is 0.275. The molecule has 1 aliphatic rings. The van der Waals surface area contributed by atoms with Crippen LogP contribution in [0.3, 0.4) is 0 Å². The molecule has 1 unspecified atom stereocenters. The molecule has 1 saturated heterocycles. The zero-order chi connectivity index (χ0) is 10.5. The molecule has 1 aromatic heterocycles. The Morgan fingerprint density at radius 3 is 3.27 bits per heavy atom. The van der Waals surface area contributed by atoms with E-state index >= 15 is 0 Å². The molecule has 0 spiro atoms. The number of hydrogen-bond acceptors (Lipinski definition) is 4. The monoisotopic (exact) mass is 223 g/mol. The van der Waals surface area contributed by atoms with E-state index < -0.39 is 0 Å². The Morgan fingerprint density at radius 2 is 2.53 bits per heavy atom. The number of rotatable bonds is 3. The summed E-state index contributed by atoms with van der Waals surface area (Å²) in [6, 6.07) is 4.13. The molecule has 4 heteroatoms. The first-order chi connectivity index (χ1) is 7.38. The van der Waals surface area contributed by atoms with Crippen molar-refractivity contribution >= 4 is 11.8 Å². The fourth-order valence-electron chi connectivity index (χ4n) is 1.82. The van der Waals surface area contributed by atoms with Gasteiger partial charge >= 0.3 is 0 Å². The molecule has 0 aliphatic carbocycles. The average molecular weight is 223 g/mol. The minimum Gasteiger partial charge on any atom is -0.329 e. The topological polar surface area (TPSA) is 42.1 Å². The van der Waals surface area contributed by atoms with Crippen LogP contribution in [0.15, 0.2) is 24.5 Å². The molecule has 2 heterocycles. The van der Waals surface area contributed by atoms with E-state index in [0.29, 0.717) is 5.25 Å². The van der Waals surface area contributed by atoms with E-state index in [9.17, 15) is 0 Å². The largest absolute Gasteiger partial charge is 0.329 e. The zero-order valence-corrected chi connectivity index (χ0v) is 9.62. The van der Waals surface area contributed by atoms with Crippen LogP contribution in [0.1, 0.15) is 5.56 Å². The molecule has 0 bridgehead atoms. The molecule has 0 aromatic carbocycles.